The average molecular weight is 340 g/mol. The summed E-state index contributed by atoms with van der Waals surface area (Å²) in [5.74, 6) is 0.759. The summed E-state index contributed by atoms with van der Waals surface area (Å²) in [4.78, 5) is 16.6. The minimum atomic E-state index is -0.0335. The summed E-state index contributed by atoms with van der Waals surface area (Å²) in [7, 11) is 0. The first-order valence-corrected chi connectivity index (χ1v) is 9.11. The summed E-state index contributed by atoms with van der Waals surface area (Å²) in [5, 5.41) is 8.49. The Kier molecular flexibility index (Phi) is 7.38. The molecule has 2 rings (SSSR count). The number of aromatic nitrogens is 2. The van der Waals surface area contributed by atoms with Crippen molar-refractivity contribution in [2.24, 2.45) is 0 Å². The Bertz CT molecular complexity index is 637. The summed E-state index contributed by atoms with van der Waals surface area (Å²) in [6.07, 6.45) is 1.88. The second-order valence-corrected chi connectivity index (χ2v) is 6.07. The maximum atomic E-state index is 12.6. The lowest BCUT2D eigenvalue weighted by atomic mass is 10.2. The highest BCUT2D eigenvalue weighted by Crippen LogP contribution is 2.14. The maximum absolute atomic E-state index is 12.6. The van der Waals surface area contributed by atoms with Crippen molar-refractivity contribution in [1.29, 1.82) is 0 Å². The van der Waals surface area contributed by atoms with Gasteiger partial charge in [-0.2, -0.15) is 0 Å². The molecule has 0 spiro atoms. The molecule has 1 aromatic carbocycles. The molecule has 0 saturated heterocycles. The predicted octanol–water partition coefficient (Wildman–Crippen LogP) is 3.77. The summed E-state index contributed by atoms with van der Waals surface area (Å²) in [6.45, 7) is 9.36. The predicted molar refractivity (Wildman–Crippen MR) is 102 cm³/mol. The second kappa shape index (κ2) is 9.77. The molecule has 1 heterocycles. The van der Waals surface area contributed by atoms with Crippen molar-refractivity contribution in [2.45, 2.75) is 40.2 Å². The standard InChI is InChI=1S/C20H28N4O/c1-4-14-24(15-5-2)20(25)18-12-13-19(22-21-18)23(6-3)16-17-10-8-7-9-11-17/h7-13H,4-6,14-16H2,1-3H3. The van der Waals surface area contributed by atoms with E-state index in [4.69, 9.17) is 0 Å². The van der Waals surface area contributed by atoms with Crippen LogP contribution in [0, 0.1) is 0 Å². The largest absolute Gasteiger partial charge is 0.351 e. The van der Waals surface area contributed by atoms with Crippen molar-refractivity contribution >= 4 is 11.7 Å². The fraction of sp³-hybridized carbons (Fsp3) is 0.450. The van der Waals surface area contributed by atoms with Crippen molar-refractivity contribution < 1.29 is 4.79 Å². The second-order valence-electron chi connectivity index (χ2n) is 6.07. The molecule has 0 saturated carbocycles. The van der Waals surface area contributed by atoms with Crippen molar-refractivity contribution in [3.05, 3.63) is 53.7 Å². The molecule has 134 valence electrons. The van der Waals surface area contributed by atoms with Crippen LogP contribution in [0.4, 0.5) is 5.82 Å². The molecule has 0 N–H and O–H groups in total. The molecule has 0 unspecified atom stereocenters. The molecule has 25 heavy (non-hydrogen) atoms. The van der Waals surface area contributed by atoms with Gasteiger partial charge in [-0.15, -0.1) is 10.2 Å². The Morgan fingerprint density at radius 3 is 2.12 bits per heavy atom. The van der Waals surface area contributed by atoms with Crippen LogP contribution in [-0.4, -0.2) is 40.6 Å². The van der Waals surface area contributed by atoms with Crippen molar-refractivity contribution in [2.75, 3.05) is 24.5 Å². The minimum Gasteiger partial charge on any atom is -0.351 e. The zero-order valence-electron chi connectivity index (χ0n) is 15.5. The van der Waals surface area contributed by atoms with Crippen LogP contribution in [-0.2, 0) is 6.54 Å². The van der Waals surface area contributed by atoms with E-state index in [1.165, 1.54) is 5.56 Å². The van der Waals surface area contributed by atoms with Gasteiger partial charge in [0.2, 0.25) is 0 Å². The summed E-state index contributed by atoms with van der Waals surface area (Å²) in [5.41, 5.74) is 1.64. The van der Waals surface area contributed by atoms with Gasteiger partial charge in [-0.3, -0.25) is 4.79 Å². The fourth-order valence-electron chi connectivity index (χ4n) is 2.78. The zero-order valence-corrected chi connectivity index (χ0v) is 15.5. The smallest absolute Gasteiger partial charge is 0.274 e. The van der Waals surface area contributed by atoms with Crippen molar-refractivity contribution in [3.63, 3.8) is 0 Å². The highest BCUT2D eigenvalue weighted by molar-refractivity contribution is 5.92. The maximum Gasteiger partial charge on any atom is 0.274 e. The van der Waals surface area contributed by atoms with Crippen LogP contribution in [0.25, 0.3) is 0 Å². The number of nitrogens with zero attached hydrogens (tertiary/aromatic N) is 4. The van der Waals surface area contributed by atoms with E-state index in [2.05, 4.69) is 48.0 Å². The monoisotopic (exact) mass is 340 g/mol. The summed E-state index contributed by atoms with van der Waals surface area (Å²) in [6, 6.07) is 14.0. The highest BCUT2D eigenvalue weighted by atomic mass is 16.2. The van der Waals surface area contributed by atoms with Crippen molar-refractivity contribution in [3.8, 4) is 0 Å². The molecule has 0 bridgehead atoms. The fourth-order valence-corrected chi connectivity index (χ4v) is 2.78. The number of rotatable bonds is 9. The van der Waals surface area contributed by atoms with Crippen LogP contribution >= 0.6 is 0 Å². The van der Waals surface area contributed by atoms with E-state index in [9.17, 15) is 4.79 Å². The Balaban J connectivity index is 2.10. The zero-order chi connectivity index (χ0) is 18.1. The normalized spacial score (nSPS) is 10.5. The van der Waals surface area contributed by atoms with Crippen LogP contribution < -0.4 is 4.90 Å². The van der Waals surface area contributed by atoms with Gasteiger partial charge >= 0.3 is 0 Å². The van der Waals surface area contributed by atoms with Gasteiger partial charge in [-0.05, 0) is 37.5 Å². The van der Waals surface area contributed by atoms with Crippen molar-refractivity contribution in [1.82, 2.24) is 15.1 Å². The number of anilines is 1. The van der Waals surface area contributed by atoms with E-state index in [1.807, 2.05) is 29.2 Å². The Labute approximate surface area is 150 Å². The molecular formula is C20H28N4O. The molecule has 0 aliphatic rings. The van der Waals surface area contributed by atoms with Gasteiger partial charge in [-0.1, -0.05) is 44.2 Å². The number of carbonyl (C=O) groups excluding carboxylic acids is 1. The lowest BCUT2D eigenvalue weighted by molar-refractivity contribution is 0.0748. The van der Waals surface area contributed by atoms with E-state index in [-0.39, 0.29) is 5.91 Å². The van der Waals surface area contributed by atoms with Gasteiger partial charge in [0, 0.05) is 26.2 Å². The molecule has 0 aliphatic carbocycles. The van der Waals surface area contributed by atoms with Crippen LogP contribution in [0.15, 0.2) is 42.5 Å². The van der Waals surface area contributed by atoms with Gasteiger partial charge in [-0.25, -0.2) is 0 Å². The molecular weight excluding hydrogens is 312 g/mol. The van der Waals surface area contributed by atoms with E-state index < -0.39 is 0 Å². The summed E-state index contributed by atoms with van der Waals surface area (Å²) < 4.78 is 0. The van der Waals surface area contributed by atoms with Gasteiger partial charge in [0.1, 0.15) is 0 Å². The molecule has 0 fully saturated rings. The third kappa shape index (κ3) is 5.28. The van der Waals surface area contributed by atoms with Gasteiger partial charge in [0.25, 0.3) is 5.91 Å². The number of carbonyl (C=O) groups is 1. The first kappa shape index (κ1) is 18.9. The molecule has 0 radical (unpaired) electrons. The Morgan fingerprint density at radius 1 is 0.920 bits per heavy atom. The van der Waals surface area contributed by atoms with E-state index in [1.54, 1.807) is 6.07 Å². The lowest BCUT2D eigenvalue weighted by Crippen LogP contribution is -2.33. The molecule has 5 nitrogen and oxygen atoms in total. The highest BCUT2D eigenvalue weighted by Gasteiger charge is 2.17. The molecule has 1 aromatic heterocycles. The number of benzene rings is 1. The van der Waals surface area contributed by atoms with Crippen LogP contribution in [0.1, 0.15) is 49.7 Å². The summed E-state index contributed by atoms with van der Waals surface area (Å²) >= 11 is 0. The average Bonchev–Trinajstić information content (AvgIpc) is 2.66. The molecule has 0 atom stereocenters. The van der Waals surface area contributed by atoms with Crippen LogP contribution in [0.2, 0.25) is 0 Å². The third-order valence-electron chi connectivity index (χ3n) is 4.07. The van der Waals surface area contributed by atoms with Gasteiger partial charge in [0.15, 0.2) is 11.5 Å². The van der Waals surface area contributed by atoms with Gasteiger partial charge < -0.3 is 9.80 Å². The minimum absolute atomic E-state index is 0.0335. The third-order valence-corrected chi connectivity index (χ3v) is 4.07. The van der Waals surface area contributed by atoms with Crippen LogP contribution in [0.3, 0.4) is 0 Å². The molecule has 1 amide bonds. The lowest BCUT2D eigenvalue weighted by Gasteiger charge is -2.23. The SMILES string of the molecule is CCCN(CCC)C(=O)c1ccc(N(CC)Cc2ccccc2)nn1. The number of hydrogen-bond acceptors (Lipinski definition) is 4. The number of hydrogen-bond donors (Lipinski definition) is 0. The van der Waals surface area contributed by atoms with Crippen LogP contribution in [0.5, 0.6) is 0 Å². The number of amides is 1. The van der Waals surface area contributed by atoms with E-state index in [0.29, 0.717) is 5.69 Å². The Morgan fingerprint density at radius 2 is 1.60 bits per heavy atom. The van der Waals surface area contributed by atoms with E-state index >= 15 is 0 Å². The molecule has 2 aromatic rings. The first-order chi connectivity index (χ1) is 12.2. The van der Waals surface area contributed by atoms with E-state index in [0.717, 1.165) is 44.8 Å². The quantitative estimate of drug-likeness (QED) is 0.697. The first-order valence-electron chi connectivity index (χ1n) is 9.11. The Hall–Kier alpha value is -2.43. The van der Waals surface area contributed by atoms with Gasteiger partial charge in [0.05, 0.1) is 0 Å². The molecule has 0 aliphatic heterocycles. The molecule has 5 heteroatoms. The topological polar surface area (TPSA) is 49.3 Å².